The lowest BCUT2D eigenvalue weighted by Crippen LogP contribution is -2.47. The highest BCUT2D eigenvalue weighted by molar-refractivity contribution is 6.01. The van der Waals surface area contributed by atoms with Crippen LogP contribution in [0.2, 0.25) is 0 Å². The standard InChI is InChI=1S/C29H34N8O5/c1-29(2,3)42-28(40)36-21(13-23(30)38)27(39)35-18-10-9-17-6-4-8-22(20(17)12-18)41-14-19-7-5-11-37(19)26-24-25(32-15-31-24)33-16-34-26/h4,6,8-10,12,15-16,19,21H,5,7,11,13-14H2,1-3H3,(H2,30,38)(H,35,39)(H,36,40)(H,31,32,33,34). The summed E-state index contributed by atoms with van der Waals surface area (Å²) < 4.78 is 11.6. The third-order valence-electron chi connectivity index (χ3n) is 6.81. The Balaban J connectivity index is 1.31. The number of aromatic nitrogens is 4. The zero-order valence-electron chi connectivity index (χ0n) is 23.7. The molecule has 2 aromatic heterocycles. The summed E-state index contributed by atoms with van der Waals surface area (Å²) in [7, 11) is 0. The van der Waals surface area contributed by atoms with Crippen LogP contribution in [0.3, 0.4) is 0 Å². The van der Waals surface area contributed by atoms with Gasteiger partial charge >= 0.3 is 6.09 Å². The van der Waals surface area contributed by atoms with Gasteiger partial charge in [0, 0.05) is 17.6 Å². The van der Waals surface area contributed by atoms with Crippen LogP contribution in [0.5, 0.6) is 5.75 Å². The molecule has 2 unspecified atom stereocenters. The van der Waals surface area contributed by atoms with Crippen molar-refractivity contribution in [2.75, 3.05) is 23.4 Å². The summed E-state index contributed by atoms with van der Waals surface area (Å²) in [5.74, 6) is 0.119. The molecule has 5 rings (SSSR count). The number of H-pyrrole nitrogens is 1. The highest BCUT2D eigenvalue weighted by Gasteiger charge is 2.29. The van der Waals surface area contributed by atoms with Gasteiger partial charge in [-0.2, -0.15) is 0 Å². The van der Waals surface area contributed by atoms with Crippen molar-refractivity contribution >= 4 is 51.3 Å². The van der Waals surface area contributed by atoms with Gasteiger partial charge in [-0.15, -0.1) is 0 Å². The van der Waals surface area contributed by atoms with E-state index >= 15 is 0 Å². The fraction of sp³-hybridized carbons (Fsp3) is 0.379. The summed E-state index contributed by atoms with van der Waals surface area (Å²) in [5.41, 5.74) is 6.44. The fourth-order valence-electron chi connectivity index (χ4n) is 4.98. The maximum Gasteiger partial charge on any atom is 0.408 e. The smallest absolute Gasteiger partial charge is 0.408 e. The number of carbonyl (C=O) groups is 3. The fourth-order valence-corrected chi connectivity index (χ4v) is 4.98. The maximum absolute atomic E-state index is 13.1. The van der Waals surface area contributed by atoms with Gasteiger partial charge in [-0.05, 0) is 57.2 Å². The lowest BCUT2D eigenvalue weighted by Gasteiger charge is -2.26. The molecule has 42 heavy (non-hydrogen) atoms. The van der Waals surface area contributed by atoms with Crippen molar-refractivity contribution < 1.29 is 23.9 Å². The highest BCUT2D eigenvalue weighted by atomic mass is 16.6. The summed E-state index contributed by atoms with van der Waals surface area (Å²) in [6.45, 7) is 6.36. The molecular weight excluding hydrogens is 540 g/mol. The van der Waals surface area contributed by atoms with Gasteiger partial charge in [0.15, 0.2) is 11.5 Å². The predicted octanol–water partition coefficient (Wildman–Crippen LogP) is 3.26. The Bertz CT molecular complexity index is 1610. The average molecular weight is 575 g/mol. The number of primary amides is 1. The lowest BCUT2D eigenvalue weighted by atomic mass is 10.1. The number of benzene rings is 2. The van der Waals surface area contributed by atoms with Crippen LogP contribution in [0.1, 0.15) is 40.0 Å². The molecule has 1 aliphatic rings. The van der Waals surface area contributed by atoms with E-state index in [2.05, 4.69) is 35.5 Å². The number of hydrogen-bond acceptors (Lipinski definition) is 9. The van der Waals surface area contributed by atoms with Crippen molar-refractivity contribution in [2.24, 2.45) is 5.73 Å². The molecule has 13 heteroatoms. The Kier molecular flexibility index (Phi) is 8.09. The molecule has 1 aliphatic heterocycles. The van der Waals surface area contributed by atoms with E-state index in [-0.39, 0.29) is 12.5 Å². The Hall–Kier alpha value is -4.94. The van der Waals surface area contributed by atoms with Crippen molar-refractivity contribution in [1.82, 2.24) is 25.3 Å². The molecule has 2 aromatic carbocycles. The van der Waals surface area contributed by atoms with Gasteiger partial charge in [0.25, 0.3) is 0 Å². The minimum Gasteiger partial charge on any atom is -0.491 e. The monoisotopic (exact) mass is 574 g/mol. The zero-order valence-corrected chi connectivity index (χ0v) is 23.7. The summed E-state index contributed by atoms with van der Waals surface area (Å²) in [4.78, 5) is 55.3. The number of hydrogen-bond donors (Lipinski definition) is 4. The molecule has 1 saturated heterocycles. The summed E-state index contributed by atoms with van der Waals surface area (Å²) in [5, 5.41) is 6.92. The van der Waals surface area contributed by atoms with E-state index in [4.69, 9.17) is 15.2 Å². The minimum absolute atomic E-state index is 0.0954. The van der Waals surface area contributed by atoms with Crippen LogP contribution in [0, 0.1) is 0 Å². The van der Waals surface area contributed by atoms with Crippen LogP contribution in [-0.2, 0) is 14.3 Å². The molecule has 0 aliphatic carbocycles. The number of ether oxygens (including phenoxy) is 2. The van der Waals surface area contributed by atoms with E-state index in [1.165, 1.54) is 6.33 Å². The van der Waals surface area contributed by atoms with Crippen molar-refractivity contribution in [3.63, 3.8) is 0 Å². The normalized spacial score (nSPS) is 15.9. The molecule has 3 amide bonds. The Morgan fingerprint density at radius 1 is 1.17 bits per heavy atom. The molecule has 0 spiro atoms. The number of anilines is 2. The number of alkyl carbamates (subject to hydrolysis) is 1. The maximum atomic E-state index is 13.1. The number of fused-ring (bicyclic) bond motifs is 2. The first kappa shape index (κ1) is 28.6. The molecule has 0 saturated carbocycles. The van der Waals surface area contributed by atoms with Crippen molar-refractivity contribution in [2.45, 2.75) is 57.7 Å². The second-order valence-corrected chi connectivity index (χ2v) is 11.1. The molecule has 1 fully saturated rings. The number of nitrogens with one attached hydrogen (secondary N) is 3. The van der Waals surface area contributed by atoms with Crippen molar-refractivity contribution in [1.29, 1.82) is 0 Å². The Morgan fingerprint density at radius 2 is 2.00 bits per heavy atom. The van der Waals surface area contributed by atoms with Gasteiger partial charge in [0.05, 0.1) is 18.8 Å². The van der Waals surface area contributed by atoms with Gasteiger partial charge in [-0.1, -0.05) is 18.2 Å². The topological polar surface area (TPSA) is 177 Å². The first-order chi connectivity index (χ1) is 20.1. The van der Waals surface area contributed by atoms with Crippen LogP contribution in [0.25, 0.3) is 21.9 Å². The number of nitrogens with zero attached hydrogens (tertiary/aromatic N) is 4. The van der Waals surface area contributed by atoms with Crippen LogP contribution in [0.4, 0.5) is 16.3 Å². The van der Waals surface area contributed by atoms with Gasteiger partial charge in [0.2, 0.25) is 11.8 Å². The van der Waals surface area contributed by atoms with E-state index in [0.717, 1.165) is 41.5 Å². The zero-order chi connectivity index (χ0) is 29.9. The van der Waals surface area contributed by atoms with E-state index in [1.54, 1.807) is 39.2 Å². The molecule has 220 valence electrons. The molecule has 2 atom stereocenters. The number of carbonyl (C=O) groups excluding carboxylic acids is 3. The van der Waals surface area contributed by atoms with Crippen LogP contribution in [-0.4, -0.2) is 68.7 Å². The Labute approximate surface area is 242 Å². The highest BCUT2D eigenvalue weighted by Crippen LogP contribution is 2.31. The number of nitrogens with two attached hydrogens (primary N) is 1. The molecular formula is C29H34N8O5. The van der Waals surface area contributed by atoms with Crippen LogP contribution < -0.4 is 26.0 Å². The number of imidazole rings is 1. The first-order valence-electron chi connectivity index (χ1n) is 13.7. The third kappa shape index (κ3) is 6.67. The number of rotatable bonds is 9. The molecule has 4 aromatic rings. The van der Waals surface area contributed by atoms with E-state index in [1.807, 2.05) is 24.3 Å². The molecule has 13 nitrogen and oxygen atoms in total. The average Bonchev–Trinajstić information content (AvgIpc) is 3.60. The second kappa shape index (κ2) is 11.9. The largest absolute Gasteiger partial charge is 0.491 e. The second-order valence-electron chi connectivity index (χ2n) is 11.1. The van der Waals surface area contributed by atoms with Crippen molar-refractivity contribution in [3.05, 3.63) is 49.1 Å². The predicted molar refractivity (Wildman–Crippen MR) is 157 cm³/mol. The molecule has 5 N–H and O–H groups in total. The summed E-state index contributed by atoms with van der Waals surface area (Å²) in [6.07, 6.45) is 3.87. The first-order valence-corrected chi connectivity index (χ1v) is 13.7. The lowest BCUT2D eigenvalue weighted by molar-refractivity contribution is -0.124. The SMILES string of the molecule is CC(C)(C)OC(=O)NC(CC(N)=O)C(=O)Nc1ccc2cccc(OCC3CCCN3c3ncnc4nc[nH]c34)c2c1. The van der Waals surface area contributed by atoms with Gasteiger partial charge in [-0.25, -0.2) is 19.7 Å². The van der Waals surface area contributed by atoms with Crippen LogP contribution >= 0.6 is 0 Å². The van der Waals surface area contributed by atoms with E-state index in [0.29, 0.717) is 23.7 Å². The van der Waals surface area contributed by atoms with Crippen molar-refractivity contribution in [3.8, 4) is 5.75 Å². The van der Waals surface area contributed by atoms with Gasteiger partial charge < -0.3 is 35.7 Å². The summed E-state index contributed by atoms with van der Waals surface area (Å²) in [6, 6.07) is 10.0. The quantitative estimate of drug-likeness (QED) is 0.234. The van der Waals surface area contributed by atoms with Gasteiger partial charge in [-0.3, -0.25) is 9.59 Å². The summed E-state index contributed by atoms with van der Waals surface area (Å²) >= 11 is 0. The van der Waals surface area contributed by atoms with Gasteiger partial charge in [0.1, 0.15) is 35.8 Å². The minimum atomic E-state index is -1.21. The van der Waals surface area contributed by atoms with E-state index in [9.17, 15) is 14.4 Å². The number of aromatic amines is 1. The molecule has 3 heterocycles. The Morgan fingerprint density at radius 3 is 2.79 bits per heavy atom. The molecule has 0 radical (unpaired) electrons. The van der Waals surface area contributed by atoms with E-state index < -0.39 is 29.6 Å². The number of amides is 3. The third-order valence-corrected chi connectivity index (χ3v) is 6.81. The van der Waals surface area contributed by atoms with Crippen LogP contribution in [0.15, 0.2) is 49.1 Å². The molecule has 0 bridgehead atoms.